The number of rotatable bonds is 3. The fourth-order valence-electron chi connectivity index (χ4n) is 2.65. The highest BCUT2D eigenvalue weighted by molar-refractivity contribution is 5.29. The van der Waals surface area contributed by atoms with E-state index in [0.29, 0.717) is 12.1 Å². The SMILES string of the molecule is CC(C)N1[C@H](C(C)(C)O)[C@@H]1c1ccccc1. The van der Waals surface area contributed by atoms with Crippen molar-refractivity contribution < 1.29 is 5.11 Å². The van der Waals surface area contributed by atoms with Crippen LogP contribution in [0, 0.1) is 0 Å². The van der Waals surface area contributed by atoms with Gasteiger partial charge in [-0.3, -0.25) is 4.90 Å². The molecule has 0 aromatic heterocycles. The molecule has 0 saturated carbocycles. The lowest BCUT2D eigenvalue weighted by atomic mass is 9.99. The van der Waals surface area contributed by atoms with E-state index < -0.39 is 5.60 Å². The van der Waals surface area contributed by atoms with Gasteiger partial charge in [0.15, 0.2) is 0 Å². The summed E-state index contributed by atoms with van der Waals surface area (Å²) >= 11 is 0. The second-order valence-electron chi connectivity index (χ2n) is 5.49. The molecule has 1 aliphatic rings. The number of aliphatic hydroxyl groups is 1. The summed E-state index contributed by atoms with van der Waals surface area (Å²) in [5.41, 5.74) is 0.674. The van der Waals surface area contributed by atoms with Gasteiger partial charge < -0.3 is 5.11 Å². The number of benzene rings is 1. The van der Waals surface area contributed by atoms with Crippen LogP contribution in [-0.2, 0) is 0 Å². The molecule has 1 N–H and O–H groups in total. The van der Waals surface area contributed by atoms with Crippen molar-refractivity contribution in [1.82, 2.24) is 4.90 Å². The molecule has 2 nitrogen and oxygen atoms in total. The summed E-state index contributed by atoms with van der Waals surface area (Å²) in [6.45, 7) is 8.16. The highest BCUT2D eigenvalue weighted by Gasteiger charge is 2.56. The van der Waals surface area contributed by atoms with Crippen molar-refractivity contribution in [3.63, 3.8) is 0 Å². The molecule has 16 heavy (non-hydrogen) atoms. The Morgan fingerprint density at radius 1 is 1.19 bits per heavy atom. The van der Waals surface area contributed by atoms with Crippen molar-refractivity contribution >= 4 is 0 Å². The summed E-state index contributed by atoms with van der Waals surface area (Å²) in [7, 11) is 0. The van der Waals surface area contributed by atoms with Crippen LogP contribution in [0.15, 0.2) is 30.3 Å². The standard InChI is InChI=1S/C14H21NO/c1-10(2)15-12(13(15)14(3,4)16)11-8-6-5-7-9-11/h5-10,12-13,16H,1-4H3/t12-,13-,15?/m0/s1. The zero-order valence-corrected chi connectivity index (χ0v) is 10.5. The Kier molecular flexibility index (Phi) is 2.81. The molecule has 0 spiro atoms. The quantitative estimate of drug-likeness (QED) is 0.790. The zero-order chi connectivity index (χ0) is 11.9. The molecule has 2 rings (SSSR count). The Labute approximate surface area is 97.9 Å². The van der Waals surface area contributed by atoms with Crippen LogP contribution in [0.2, 0.25) is 0 Å². The van der Waals surface area contributed by atoms with Gasteiger partial charge >= 0.3 is 0 Å². The molecular formula is C14H21NO. The Bertz CT molecular complexity index is 353. The van der Waals surface area contributed by atoms with E-state index in [2.05, 4.69) is 43.0 Å². The maximum atomic E-state index is 10.2. The van der Waals surface area contributed by atoms with Crippen LogP contribution in [0.5, 0.6) is 0 Å². The van der Waals surface area contributed by atoms with Gasteiger partial charge in [0.1, 0.15) is 0 Å². The molecular weight excluding hydrogens is 198 g/mol. The third-order valence-electron chi connectivity index (χ3n) is 3.31. The summed E-state index contributed by atoms with van der Waals surface area (Å²) in [6, 6.07) is 11.5. The van der Waals surface area contributed by atoms with Gasteiger partial charge in [-0.15, -0.1) is 0 Å². The molecule has 1 aliphatic heterocycles. The molecule has 0 radical (unpaired) electrons. The summed E-state index contributed by atoms with van der Waals surface area (Å²) in [5, 5.41) is 10.2. The van der Waals surface area contributed by atoms with Gasteiger partial charge in [-0.05, 0) is 33.3 Å². The van der Waals surface area contributed by atoms with Gasteiger partial charge in [0.05, 0.1) is 17.7 Å². The van der Waals surface area contributed by atoms with E-state index in [-0.39, 0.29) is 6.04 Å². The van der Waals surface area contributed by atoms with Crippen molar-refractivity contribution in [1.29, 1.82) is 0 Å². The Hall–Kier alpha value is -0.860. The first-order valence-electron chi connectivity index (χ1n) is 5.97. The maximum absolute atomic E-state index is 10.2. The molecule has 1 fully saturated rings. The minimum Gasteiger partial charge on any atom is -0.389 e. The molecule has 0 amide bonds. The van der Waals surface area contributed by atoms with E-state index in [1.165, 1.54) is 5.56 Å². The van der Waals surface area contributed by atoms with Gasteiger partial charge in [0, 0.05) is 6.04 Å². The predicted octanol–water partition coefficient (Wildman–Crippen LogP) is 2.59. The van der Waals surface area contributed by atoms with Crippen LogP contribution in [-0.4, -0.2) is 27.7 Å². The normalized spacial score (nSPS) is 29.5. The van der Waals surface area contributed by atoms with Crippen molar-refractivity contribution in [2.75, 3.05) is 0 Å². The molecule has 3 atom stereocenters. The molecule has 1 heterocycles. The molecule has 1 aromatic rings. The maximum Gasteiger partial charge on any atom is 0.0765 e. The molecule has 1 unspecified atom stereocenters. The minimum absolute atomic E-state index is 0.245. The fourth-order valence-corrected chi connectivity index (χ4v) is 2.65. The molecule has 0 aliphatic carbocycles. The van der Waals surface area contributed by atoms with Crippen LogP contribution in [0.1, 0.15) is 39.3 Å². The summed E-state index contributed by atoms with van der Waals surface area (Å²) < 4.78 is 0. The van der Waals surface area contributed by atoms with Gasteiger partial charge in [0.25, 0.3) is 0 Å². The van der Waals surface area contributed by atoms with Crippen LogP contribution >= 0.6 is 0 Å². The lowest BCUT2D eigenvalue weighted by Gasteiger charge is -2.18. The molecule has 0 bridgehead atoms. The monoisotopic (exact) mass is 219 g/mol. The van der Waals surface area contributed by atoms with Crippen molar-refractivity contribution in [3.8, 4) is 0 Å². The van der Waals surface area contributed by atoms with E-state index in [4.69, 9.17) is 0 Å². The fraction of sp³-hybridized carbons (Fsp3) is 0.571. The first-order chi connectivity index (χ1) is 7.43. The first-order valence-corrected chi connectivity index (χ1v) is 5.97. The van der Waals surface area contributed by atoms with E-state index in [1.807, 2.05) is 19.9 Å². The minimum atomic E-state index is -0.634. The lowest BCUT2D eigenvalue weighted by molar-refractivity contribution is 0.0608. The van der Waals surface area contributed by atoms with Crippen LogP contribution in [0.3, 0.4) is 0 Å². The Balaban J connectivity index is 2.23. The first kappa shape index (κ1) is 11.6. The average Bonchev–Trinajstić information content (AvgIpc) is 2.93. The summed E-state index contributed by atoms with van der Waals surface area (Å²) in [6.07, 6.45) is 0. The lowest BCUT2D eigenvalue weighted by Crippen LogP contribution is -2.31. The second kappa shape index (κ2) is 3.86. The van der Waals surface area contributed by atoms with Crippen molar-refractivity contribution in [2.24, 2.45) is 0 Å². The van der Waals surface area contributed by atoms with Crippen LogP contribution in [0.25, 0.3) is 0 Å². The Morgan fingerprint density at radius 2 is 1.75 bits per heavy atom. The molecule has 1 aromatic carbocycles. The second-order valence-corrected chi connectivity index (χ2v) is 5.49. The van der Waals surface area contributed by atoms with Crippen molar-refractivity contribution in [3.05, 3.63) is 35.9 Å². The summed E-state index contributed by atoms with van der Waals surface area (Å²) in [4.78, 5) is 2.37. The summed E-state index contributed by atoms with van der Waals surface area (Å²) in [5.74, 6) is 0. The van der Waals surface area contributed by atoms with Crippen molar-refractivity contribution in [2.45, 2.75) is 51.4 Å². The molecule has 88 valence electrons. The zero-order valence-electron chi connectivity index (χ0n) is 10.5. The van der Waals surface area contributed by atoms with Crippen LogP contribution < -0.4 is 0 Å². The van der Waals surface area contributed by atoms with Crippen LogP contribution in [0.4, 0.5) is 0 Å². The van der Waals surface area contributed by atoms with E-state index >= 15 is 0 Å². The third kappa shape index (κ3) is 2.00. The van der Waals surface area contributed by atoms with Gasteiger partial charge in [0.2, 0.25) is 0 Å². The number of hydrogen-bond acceptors (Lipinski definition) is 2. The Morgan fingerprint density at radius 3 is 2.12 bits per heavy atom. The predicted molar refractivity (Wildman–Crippen MR) is 66.2 cm³/mol. The molecule has 2 heteroatoms. The average molecular weight is 219 g/mol. The van der Waals surface area contributed by atoms with E-state index in [1.54, 1.807) is 0 Å². The van der Waals surface area contributed by atoms with Gasteiger partial charge in [-0.25, -0.2) is 0 Å². The third-order valence-corrected chi connectivity index (χ3v) is 3.31. The van der Waals surface area contributed by atoms with E-state index in [9.17, 15) is 5.11 Å². The number of hydrogen-bond donors (Lipinski definition) is 1. The number of nitrogens with zero attached hydrogens (tertiary/aromatic N) is 1. The van der Waals surface area contributed by atoms with Gasteiger partial charge in [-0.2, -0.15) is 0 Å². The van der Waals surface area contributed by atoms with E-state index in [0.717, 1.165) is 0 Å². The smallest absolute Gasteiger partial charge is 0.0765 e. The highest BCUT2D eigenvalue weighted by Crippen LogP contribution is 2.49. The van der Waals surface area contributed by atoms with Gasteiger partial charge in [-0.1, -0.05) is 30.3 Å². The largest absolute Gasteiger partial charge is 0.389 e. The highest BCUT2D eigenvalue weighted by atomic mass is 16.3. The molecule has 1 saturated heterocycles. The topological polar surface area (TPSA) is 23.2 Å².